The monoisotopic (exact) mass is 298 g/mol. The summed E-state index contributed by atoms with van der Waals surface area (Å²) in [5, 5.41) is 9.72. The molecule has 1 nitrogen and oxygen atoms in total. The molecule has 0 amide bonds. The van der Waals surface area contributed by atoms with Crippen molar-refractivity contribution < 1.29 is 5.11 Å². The Kier molecular flexibility index (Phi) is 16.3. The van der Waals surface area contributed by atoms with Crippen LogP contribution in [0, 0.1) is 5.92 Å². The van der Waals surface area contributed by atoms with Crippen molar-refractivity contribution in [1.82, 2.24) is 0 Å². The lowest BCUT2D eigenvalue weighted by Crippen LogP contribution is -2.13. The van der Waals surface area contributed by atoms with Crippen molar-refractivity contribution in [2.45, 2.75) is 123 Å². The second kappa shape index (κ2) is 16.3. The van der Waals surface area contributed by atoms with Gasteiger partial charge in [0.25, 0.3) is 0 Å². The van der Waals surface area contributed by atoms with Gasteiger partial charge in [-0.2, -0.15) is 0 Å². The second-order valence-electron chi connectivity index (χ2n) is 7.20. The predicted molar refractivity (Wildman–Crippen MR) is 95.8 cm³/mol. The lowest BCUT2D eigenvalue weighted by atomic mass is 10.00. The molecule has 0 aromatic heterocycles. The van der Waals surface area contributed by atoms with E-state index in [2.05, 4.69) is 20.8 Å². The summed E-state index contributed by atoms with van der Waals surface area (Å²) in [7, 11) is 0. The molecule has 21 heavy (non-hydrogen) atoms. The first-order chi connectivity index (χ1) is 10.2. The molecule has 1 unspecified atom stereocenters. The van der Waals surface area contributed by atoms with Gasteiger partial charge in [-0.05, 0) is 12.3 Å². The van der Waals surface area contributed by atoms with Gasteiger partial charge in [-0.3, -0.25) is 0 Å². The molecule has 0 fully saturated rings. The maximum atomic E-state index is 9.72. The van der Waals surface area contributed by atoms with Gasteiger partial charge in [-0.1, -0.05) is 111 Å². The van der Waals surface area contributed by atoms with Crippen LogP contribution in [0.3, 0.4) is 0 Å². The molecule has 1 N–H and O–H groups in total. The quantitative estimate of drug-likeness (QED) is 0.308. The summed E-state index contributed by atoms with van der Waals surface area (Å²) in [4.78, 5) is 0. The van der Waals surface area contributed by atoms with Gasteiger partial charge < -0.3 is 5.11 Å². The van der Waals surface area contributed by atoms with Crippen LogP contribution in [-0.2, 0) is 0 Å². The van der Waals surface area contributed by atoms with Crippen LogP contribution in [-0.4, -0.2) is 11.2 Å². The van der Waals surface area contributed by atoms with Crippen molar-refractivity contribution in [3.8, 4) is 0 Å². The summed E-state index contributed by atoms with van der Waals surface area (Å²) in [6, 6.07) is 0. The van der Waals surface area contributed by atoms with Gasteiger partial charge in [0, 0.05) is 0 Å². The van der Waals surface area contributed by atoms with E-state index in [1.165, 1.54) is 89.9 Å². The van der Waals surface area contributed by atoms with Crippen LogP contribution >= 0.6 is 0 Å². The van der Waals surface area contributed by atoms with E-state index < -0.39 is 0 Å². The molecule has 0 radical (unpaired) electrons. The summed E-state index contributed by atoms with van der Waals surface area (Å²) in [5.74, 6) is 0.423. The molecule has 0 bridgehead atoms. The van der Waals surface area contributed by atoms with E-state index in [0.29, 0.717) is 5.92 Å². The summed E-state index contributed by atoms with van der Waals surface area (Å²) in [5.41, 5.74) is 0. The highest BCUT2D eigenvalue weighted by atomic mass is 16.3. The first kappa shape index (κ1) is 21.0. The van der Waals surface area contributed by atoms with Gasteiger partial charge in [-0.25, -0.2) is 0 Å². The van der Waals surface area contributed by atoms with E-state index in [4.69, 9.17) is 0 Å². The van der Waals surface area contributed by atoms with E-state index in [9.17, 15) is 5.11 Å². The molecule has 0 aromatic carbocycles. The molecule has 0 heterocycles. The zero-order chi connectivity index (χ0) is 15.8. The SMILES string of the molecule is CCCCCCCCCCCCCCCCC(O)C(C)C. The van der Waals surface area contributed by atoms with Gasteiger partial charge in [0.05, 0.1) is 6.10 Å². The minimum absolute atomic E-state index is 0.0812. The zero-order valence-electron chi connectivity index (χ0n) is 15.2. The Bertz CT molecular complexity index is 188. The topological polar surface area (TPSA) is 20.2 Å². The van der Waals surface area contributed by atoms with Crippen molar-refractivity contribution >= 4 is 0 Å². The number of unbranched alkanes of at least 4 members (excludes halogenated alkanes) is 13. The van der Waals surface area contributed by atoms with Gasteiger partial charge in [-0.15, -0.1) is 0 Å². The lowest BCUT2D eigenvalue weighted by Gasteiger charge is -2.13. The smallest absolute Gasteiger partial charge is 0.0563 e. The molecule has 0 aliphatic carbocycles. The van der Waals surface area contributed by atoms with Crippen LogP contribution in [0.25, 0.3) is 0 Å². The molecule has 1 atom stereocenters. The average molecular weight is 299 g/mol. The third-order valence-electron chi connectivity index (χ3n) is 4.62. The van der Waals surface area contributed by atoms with Crippen molar-refractivity contribution in [2.24, 2.45) is 5.92 Å². The van der Waals surface area contributed by atoms with Crippen LogP contribution < -0.4 is 0 Å². The maximum Gasteiger partial charge on any atom is 0.0563 e. The van der Waals surface area contributed by atoms with E-state index in [-0.39, 0.29) is 6.10 Å². The van der Waals surface area contributed by atoms with Crippen molar-refractivity contribution in [3.63, 3.8) is 0 Å². The van der Waals surface area contributed by atoms with E-state index >= 15 is 0 Å². The normalized spacial score (nSPS) is 13.0. The third-order valence-corrected chi connectivity index (χ3v) is 4.62. The first-order valence-corrected chi connectivity index (χ1v) is 9.86. The minimum Gasteiger partial charge on any atom is -0.393 e. The van der Waals surface area contributed by atoms with Crippen molar-refractivity contribution in [2.75, 3.05) is 0 Å². The maximum absolute atomic E-state index is 9.72. The summed E-state index contributed by atoms with van der Waals surface area (Å²) >= 11 is 0. The Morgan fingerprint density at radius 1 is 0.571 bits per heavy atom. The molecule has 0 aromatic rings. The second-order valence-corrected chi connectivity index (χ2v) is 7.20. The van der Waals surface area contributed by atoms with Gasteiger partial charge in [0.2, 0.25) is 0 Å². The number of aliphatic hydroxyl groups is 1. The van der Waals surface area contributed by atoms with Crippen molar-refractivity contribution in [3.05, 3.63) is 0 Å². The van der Waals surface area contributed by atoms with Gasteiger partial charge in [0.1, 0.15) is 0 Å². The van der Waals surface area contributed by atoms with Crippen LogP contribution in [0.5, 0.6) is 0 Å². The van der Waals surface area contributed by atoms with Crippen LogP contribution in [0.4, 0.5) is 0 Å². The standard InChI is InChI=1S/C20H42O/c1-4-5-6-7-8-9-10-11-12-13-14-15-16-17-18-20(21)19(2)3/h19-21H,4-18H2,1-3H3. The fraction of sp³-hybridized carbons (Fsp3) is 1.00. The summed E-state index contributed by atoms with van der Waals surface area (Å²) < 4.78 is 0. The molecule has 0 rings (SSSR count). The highest BCUT2D eigenvalue weighted by Crippen LogP contribution is 2.15. The Hall–Kier alpha value is -0.0400. The highest BCUT2D eigenvalue weighted by molar-refractivity contribution is 4.59. The number of hydrogen-bond donors (Lipinski definition) is 1. The van der Waals surface area contributed by atoms with Gasteiger partial charge in [0.15, 0.2) is 0 Å². The van der Waals surface area contributed by atoms with E-state index in [1.807, 2.05) is 0 Å². The highest BCUT2D eigenvalue weighted by Gasteiger charge is 2.07. The fourth-order valence-electron chi connectivity index (χ4n) is 2.88. The Morgan fingerprint density at radius 3 is 1.24 bits per heavy atom. The van der Waals surface area contributed by atoms with E-state index in [0.717, 1.165) is 6.42 Å². The average Bonchev–Trinajstić information content (AvgIpc) is 2.47. The zero-order valence-corrected chi connectivity index (χ0v) is 15.2. The molecule has 0 aliphatic rings. The van der Waals surface area contributed by atoms with Crippen LogP contribution in [0.1, 0.15) is 117 Å². The number of rotatable bonds is 16. The Labute approximate surface area is 134 Å². The predicted octanol–water partition coefficient (Wildman–Crippen LogP) is 6.87. The Morgan fingerprint density at radius 2 is 0.905 bits per heavy atom. The van der Waals surface area contributed by atoms with Crippen molar-refractivity contribution in [1.29, 1.82) is 0 Å². The third kappa shape index (κ3) is 16.2. The van der Waals surface area contributed by atoms with E-state index in [1.54, 1.807) is 0 Å². The molecule has 0 spiro atoms. The molecular weight excluding hydrogens is 256 g/mol. The lowest BCUT2D eigenvalue weighted by molar-refractivity contribution is 0.113. The van der Waals surface area contributed by atoms with Crippen LogP contribution in [0.2, 0.25) is 0 Å². The molecule has 1 heteroatoms. The first-order valence-electron chi connectivity index (χ1n) is 9.86. The van der Waals surface area contributed by atoms with Crippen LogP contribution in [0.15, 0.2) is 0 Å². The van der Waals surface area contributed by atoms with Gasteiger partial charge >= 0.3 is 0 Å². The molecule has 0 aliphatic heterocycles. The number of aliphatic hydroxyl groups excluding tert-OH is 1. The fourth-order valence-corrected chi connectivity index (χ4v) is 2.88. The molecule has 0 saturated carbocycles. The largest absolute Gasteiger partial charge is 0.393 e. The summed E-state index contributed by atoms with van der Waals surface area (Å²) in [6.45, 7) is 6.50. The summed E-state index contributed by atoms with van der Waals surface area (Å²) in [6.07, 6.45) is 20.5. The minimum atomic E-state index is -0.0812. The molecule has 0 saturated heterocycles. The number of hydrogen-bond acceptors (Lipinski definition) is 1. The molecular formula is C20H42O. The Balaban J connectivity index is 3.03. The molecule has 128 valence electrons.